The van der Waals surface area contributed by atoms with Gasteiger partial charge in [-0.15, -0.1) is 0 Å². The van der Waals surface area contributed by atoms with Crippen molar-refractivity contribution in [2.75, 3.05) is 0 Å². The van der Waals surface area contributed by atoms with Gasteiger partial charge in [-0.2, -0.15) is 5.10 Å². The van der Waals surface area contributed by atoms with E-state index in [1.807, 2.05) is 35.3 Å². The van der Waals surface area contributed by atoms with Crippen LogP contribution in [0.4, 0.5) is 0 Å². The van der Waals surface area contributed by atoms with Crippen LogP contribution in [0.2, 0.25) is 5.02 Å². The number of benzene rings is 1. The van der Waals surface area contributed by atoms with Gasteiger partial charge in [0.25, 0.3) is 0 Å². The molecule has 0 aliphatic carbocycles. The largest absolute Gasteiger partial charge is 0.384 e. The molecule has 31 heavy (non-hydrogen) atoms. The van der Waals surface area contributed by atoms with Crippen molar-refractivity contribution in [3.63, 3.8) is 0 Å². The maximum absolute atomic E-state index is 6.43. The fourth-order valence-electron chi connectivity index (χ4n) is 3.06. The van der Waals surface area contributed by atoms with Crippen molar-refractivity contribution in [1.29, 1.82) is 0 Å². The van der Waals surface area contributed by atoms with Crippen molar-refractivity contribution in [3.8, 4) is 0 Å². The van der Waals surface area contributed by atoms with Gasteiger partial charge in [0.15, 0.2) is 0 Å². The molecule has 0 aliphatic rings. The zero-order valence-electron chi connectivity index (χ0n) is 19.8. The Morgan fingerprint density at radius 3 is 2.58 bits per heavy atom. The first-order valence-electron chi connectivity index (χ1n) is 11.0. The second kappa shape index (κ2) is 11.2. The molecule has 0 radical (unpaired) electrons. The molecule has 0 fully saturated rings. The van der Waals surface area contributed by atoms with Crippen molar-refractivity contribution in [3.05, 3.63) is 82.4 Å². The molecule has 168 valence electrons. The molecule has 0 unspecified atom stereocenters. The van der Waals surface area contributed by atoms with Gasteiger partial charge in [-0.25, -0.2) is 0 Å². The molecule has 2 N–H and O–H groups in total. The number of hydrogen-bond donors (Lipinski definition) is 2. The maximum Gasteiger partial charge on any atom is 0.0562 e. The van der Waals surface area contributed by atoms with Crippen LogP contribution in [0.3, 0.4) is 0 Å². The molecule has 0 amide bonds. The third kappa shape index (κ3) is 7.95. The van der Waals surface area contributed by atoms with Gasteiger partial charge >= 0.3 is 0 Å². The first-order chi connectivity index (χ1) is 14.6. The molecular formula is C26H37ClN4. The molecule has 0 saturated heterocycles. The molecule has 5 heteroatoms. The number of hydrogen-bond acceptors (Lipinski definition) is 3. The van der Waals surface area contributed by atoms with Gasteiger partial charge in [-0.1, -0.05) is 57.2 Å². The SMILES string of the molecule is C=C(/C=C/c1cnn(C(C)(C)C)c1)NCc1cc(CN/C(=C\CC)C(C)C)ccc1Cl. The molecular weight excluding hydrogens is 404 g/mol. The van der Waals surface area contributed by atoms with E-state index in [1.54, 1.807) is 0 Å². The lowest BCUT2D eigenvalue weighted by Crippen LogP contribution is -2.21. The van der Waals surface area contributed by atoms with Crippen LogP contribution in [0.15, 0.2) is 60.7 Å². The van der Waals surface area contributed by atoms with Crippen LogP contribution >= 0.6 is 11.6 Å². The topological polar surface area (TPSA) is 41.9 Å². The summed E-state index contributed by atoms with van der Waals surface area (Å²) in [6, 6.07) is 6.19. The Bertz CT molecular complexity index is 929. The maximum atomic E-state index is 6.43. The average Bonchev–Trinajstić information content (AvgIpc) is 3.19. The van der Waals surface area contributed by atoms with Crippen LogP contribution in [0.5, 0.6) is 0 Å². The highest BCUT2D eigenvalue weighted by molar-refractivity contribution is 6.31. The summed E-state index contributed by atoms with van der Waals surface area (Å²) >= 11 is 6.43. The number of nitrogens with one attached hydrogen (secondary N) is 2. The molecule has 1 aromatic carbocycles. The van der Waals surface area contributed by atoms with E-state index in [2.05, 4.69) is 82.1 Å². The standard InChI is InChI=1S/C26H37ClN4/c1-8-9-25(19(2)3)29-15-21-12-13-24(27)23(14-21)17-28-20(4)10-11-22-16-30-31(18-22)26(5,6)7/h9-14,16,18-19,28-29H,4,8,15,17H2,1-3,5-7H3/b11-10+,25-9-. The highest BCUT2D eigenvalue weighted by Crippen LogP contribution is 2.19. The van der Waals surface area contributed by atoms with E-state index < -0.39 is 0 Å². The number of nitrogens with zero attached hydrogens (tertiary/aromatic N) is 2. The Hall–Kier alpha value is -2.46. The Morgan fingerprint density at radius 2 is 1.97 bits per heavy atom. The minimum atomic E-state index is -0.0275. The summed E-state index contributed by atoms with van der Waals surface area (Å²) in [7, 11) is 0. The van der Waals surface area contributed by atoms with Crippen LogP contribution in [0.1, 0.15) is 64.7 Å². The summed E-state index contributed by atoms with van der Waals surface area (Å²) in [4.78, 5) is 0. The predicted octanol–water partition coefficient (Wildman–Crippen LogP) is 6.65. The Labute approximate surface area is 193 Å². The fourth-order valence-corrected chi connectivity index (χ4v) is 3.25. The average molecular weight is 441 g/mol. The zero-order valence-corrected chi connectivity index (χ0v) is 20.6. The lowest BCUT2D eigenvalue weighted by Gasteiger charge is -2.18. The van der Waals surface area contributed by atoms with Crippen LogP contribution < -0.4 is 10.6 Å². The fraction of sp³-hybridized carbons (Fsp3) is 0.423. The van der Waals surface area contributed by atoms with Gasteiger partial charge < -0.3 is 10.6 Å². The Morgan fingerprint density at radius 1 is 1.23 bits per heavy atom. The van der Waals surface area contributed by atoms with Crippen LogP contribution in [0, 0.1) is 5.92 Å². The molecule has 1 aromatic heterocycles. The molecule has 2 aromatic rings. The van der Waals surface area contributed by atoms with Gasteiger partial charge in [0.2, 0.25) is 0 Å². The van der Waals surface area contributed by atoms with Gasteiger partial charge in [0, 0.05) is 41.3 Å². The first kappa shape index (κ1) is 24.8. The van der Waals surface area contributed by atoms with Crippen molar-refractivity contribution in [2.24, 2.45) is 5.92 Å². The van der Waals surface area contributed by atoms with E-state index >= 15 is 0 Å². The molecule has 0 bridgehead atoms. The lowest BCUT2D eigenvalue weighted by atomic mass is 10.1. The first-order valence-corrected chi connectivity index (χ1v) is 11.3. The third-order valence-electron chi connectivity index (χ3n) is 4.93. The summed E-state index contributed by atoms with van der Waals surface area (Å²) in [5.74, 6) is 0.485. The molecule has 0 aliphatic heterocycles. The normalized spacial score (nSPS) is 12.6. The summed E-state index contributed by atoms with van der Waals surface area (Å²) in [6.45, 7) is 18.5. The van der Waals surface area contributed by atoms with E-state index in [0.29, 0.717) is 12.5 Å². The number of aromatic nitrogens is 2. The van der Waals surface area contributed by atoms with Crippen molar-refractivity contribution < 1.29 is 0 Å². The second-order valence-corrected chi connectivity index (χ2v) is 9.51. The van der Waals surface area contributed by atoms with Crippen molar-refractivity contribution >= 4 is 17.7 Å². The number of rotatable bonds is 10. The smallest absolute Gasteiger partial charge is 0.0562 e. The third-order valence-corrected chi connectivity index (χ3v) is 5.29. The number of halogens is 1. The molecule has 2 rings (SSSR count). The van der Waals surface area contributed by atoms with Crippen molar-refractivity contribution in [2.45, 2.75) is 66.6 Å². The molecule has 4 nitrogen and oxygen atoms in total. The number of allylic oxidation sites excluding steroid dienone is 3. The molecule has 0 saturated carbocycles. The van der Waals surface area contributed by atoms with Crippen LogP contribution in [-0.2, 0) is 18.6 Å². The van der Waals surface area contributed by atoms with E-state index in [1.165, 1.54) is 11.3 Å². The van der Waals surface area contributed by atoms with Gasteiger partial charge in [-0.05, 0) is 62.5 Å². The summed E-state index contributed by atoms with van der Waals surface area (Å²) in [6.07, 6.45) is 11.2. The molecule has 1 heterocycles. The minimum absolute atomic E-state index is 0.0275. The Balaban J connectivity index is 1.95. The Kier molecular flexibility index (Phi) is 9.00. The predicted molar refractivity (Wildman–Crippen MR) is 134 cm³/mol. The molecule has 0 spiro atoms. The highest BCUT2D eigenvalue weighted by Gasteiger charge is 2.13. The summed E-state index contributed by atoms with van der Waals surface area (Å²) in [5, 5.41) is 12.1. The van der Waals surface area contributed by atoms with Crippen LogP contribution in [0.25, 0.3) is 6.08 Å². The lowest BCUT2D eigenvalue weighted by molar-refractivity contribution is 0.355. The van der Waals surface area contributed by atoms with Crippen LogP contribution in [-0.4, -0.2) is 9.78 Å². The second-order valence-electron chi connectivity index (χ2n) is 9.10. The van der Waals surface area contributed by atoms with Gasteiger partial charge in [0.1, 0.15) is 0 Å². The van der Waals surface area contributed by atoms with E-state index in [0.717, 1.165) is 34.8 Å². The van der Waals surface area contributed by atoms with E-state index in [9.17, 15) is 0 Å². The van der Waals surface area contributed by atoms with E-state index in [-0.39, 0.29) is 5.54 Å². The molecule has 0 atom stereocenters. The highest BCUT2D eigenvalue weighted by atomic mass is 35.5. The minimum Gasteiger partial charge on any atom is -0.384 e. The van der Waals surface area contributed by atoms with Gasteiger partial charge in [-0.3, -0.25) is 4.68 Å². The summed E-state index contributed by atoms with van der Waals surface area (Å²) < 4.78 is 1.96. The quantitative estimate of drug-likeness (QED) is 0.406. The summed E-state index contributed by atoms with van der Waals surface area (Å²) in [5.41, 5.74) is 5.40. The zero-order chi connectivity index (χ0) is 23.0. The monoisotopic (exact) mass is 440 g/mol. The van der Waals surface area contributed by atoms with Gasteiger partial charge in [0.05, 0.1) is 11.7 Å². The van der Waals surface area contributed by atoms with Crippen molar-refractivity contribution in [1.82, 2.24) is 20.4 Å². The van der Waals surface area contributed by atoms with E-state index in [4.69, 9.17) is 11.6 Å².